The van der Waals surface area contributed by atoms with E-state index in [-0.39, 0.29) is 34.9 Å². The molecule has 1 aliphatic carbocycles. The Kier molecular flexibility index (Phi) is 9.33. The maximum atomic E-state index is 13.5. The molecule has 0 spiro atoms. The summed E-state index contributed by atoms with van der Waals surface area (Å²) in [4.78, 5) is 2.22. The average molecular weight is 594 g/mol. The molecule has 3 aromatic rings. The van der Waals surface area contributed by atoms with Gasteiger partial charge in [0.15, 0.2) is 0 Å². The highest BCUT2D eigenvalue weighted by Gasteiger charge is 2.33. The number of benzene rings is 1. The molecule has 12 heteroatoms. The van der Waals surface area contributed by atoms with Crippen LogP contribution in [-0.2, 0) is 4.57 Å². The van der Waals surface area contributed by atoms with Gasteiger partial charge in [-0.15, -0.1) is 0 Å². The zero-order chi connectivity index (χ0) is 29.1. The lowest BCUT2D eigenvalue weighted by molar-refractivity contribution is -0.0327. The maximum absolute atomic E-state index is 13.5. The molecule has 1 aliphatic rings. The molecule has 1 fully saturated rings. The Balaban J connectivity index is 1.57. The number of alkyl halides is 3. The molecule has 7 nitrogen and oxygen atoms in total. The number of hydrogen-bond donors (Lipinski definition) is 2. The summed E-state index contributed by atoms with van der Waals surface area (Å²) >= 11 is -0.200. The van der Waals surface area contributed by atoms with Crippen LogP contribution in [0.2, 0.25) is 0 Å². The summed E-state index contributed by atoms with van der Waals surface area (Å²) in [5, 5.41) is 11.8. The second-order valence-corrected chi connectivity index (χ2v) is 14.7. The van der Waals surface area contributed by atoms with Crippen molar-refractivity contribution in [3.8, 4) is 17.6 Å². The lowest BCUT2D eigenvalue weighted by Gasteiger charge is -2.33. The predicted molar refractivity (Wildman–Crippen MR) is 158 cm³/mol. The van der Waals surface area contributed by atoms with Crippen LogP contribution in [0.15, 0.2) is 41.3 Å². The topological polar surface area (TPSA) is 70.9 Å². The fourth-order valence-corrected chi connectivity index (χ4v) is 6.37. The fraction of sp³-hybridized carbons (Fsp3) is 0.464. The number of nitrogens with one attached hydrogen (secondary N) is 2. The molecule has 2 N–H and O–H groups in total. The SMILES string of the molecule is COc1cc(P(C)(C)=O)ccc1NCC#Cc1nn2c(N[C@H]3CC[C@H](N(C)C)CC3)cccc2c1SC(F)(F)F. The van der Waals surface area contributed by atoms with E-state index in [1.807, 2.05) is 6.07 Å². The number of aromatic nitrogens is 2. The Bertz CT molecular complexity index is 1450. The molecule has 2 heterocycles. The molecule has 0 bridgehead atoms. The van der Waals surface area contributed by atoms with Crippen LogP contribution in [0.4, 0.5) is 24.7 Å². The van der Waals surface area contributed by atoms with Crippen LogP contribution in [-0.4, -0.2) is 73.2 Å². The smallest absolute Gasteiger partial charge is 0.446 e. The minimum absolute atomic E-state index is 0.0245. The zero-order valence-corrected chi connectivity index (χ0v) is 25.0. The van der Waals surface area contributed by atoms with Crippen LogP contribution in [0.5, 0.6) is 5.75 Å². The van der Waals surface area contributed by atoms with Gasteiger partial charge in [-0.1, -0.05) is 12.0 Å². The van der Waals surface area contributed by atoms with Crippen LogP contribution < -0.4 is 20.7 Å². The van der Waals surface area contributed by atoms with E-state index in [1.54, 1.807) is 43.7 Å². The van der Waals surface area contributed by atoms with E-state index in [0.29, 0.717) is 34.1 Å². The summed E-state index contributed by atoms with van der Waals surface area (Å²) in [6, 6.07) is 11.2. The molecule has 0 aliphatic heterocycles. The summed E-state index contributed by atoms with van der Waals surface area (Å²) in [6.45, 7) is 3.51. The number of anilines is 2. The quantitative estimate of drug-likeness (QED) is 0.190. The van der Waals surface area contributed by atoms with E-state index in [4.69, 9.17) is 4.74 Å². The molecular weight excluding hydrogens is 558 g/mol. The first-order valence-corrected chi connectivity index (χ1v) is 16.4. The molecule has 2 aromatic heterocycles. The van der Waals surface area contributed by atoms with Gasteiger partial charge in [-0.2, -0.15) is 18.3 Å². The Hall–Kier alpha value is -2.80. The van der Waals surface area contributed by atoms with Crippen molar-refractivity contribution >= 4 is 41.2 Å². The first-order valence-electron chi connectivity index (χ1n) is 13.0. The molecule has 4 rings (SSSR count). The van der Waals surface area contributed by atoms with Crippen molar-refractivity contribution in [3.05, 3.63) is 42.1 Å². The summed E-state index contributed by atoms with van der Waals surface area (Å²) in [6.07, 6.45) is 4.06. The first-order chi connectivity index (χ1) is 18.9. The molecular formula is C28H35F3N5O2PS. The van der Waals surface area contributed by atoms with Crippen LogP contribution in [0, 0.1) is 11.8 Å². The first kappa shape index (κ1) is 30.2. The highest BCUT2D eigenvalue weighted by molar-refractivity contribution is 8.00. The standard InChI is InChI=1S/C28H35F3N5O2PS/c1-35(2)20-13-11-19(12-14-20)33-26-10-6-9-24-27(40-28(29,30)31)23(34-36(24)26)8-7-17-32-22-16-15-21(39(4,5)37)18-25(22)38-3/h6,9-10,15-16,18-20,32-33H,11-14,17H2,1-5H3/t19-,20-. The monoisotopic (exact) mass is 593 g/mol. The van der Waals surface area contributed by atoms with Gasteiger partial charge in [0, 0.05) is 17.4 Å². The van der Waals surface area contributed by atoms with E-state index in [0.717, 1.165) is 25.7 Å². The van der Waals surface area contributed by atoms with Gasteiger partial charge in [0.05, 0.1) is 29.8 Å². The average Bonchev–Trinajstić information content (AvgIpc) is 3.23. The van der Waals surface area contributed by atoms with E-state index < -0.39 is 12.7 Å². The molecule has 1 aromatic carbocycles. The number of fused-ring (bicyclic) bond motifs is 1. The van der Waals surface area contributed by atoms with Gasteiger partial charge in [0.25, 0.3) is 0 Å². The number of thioether (sulfide) groups is 1. The Morgan fingerprint density at radius 2 is 1.90 bits per heavy atom. The third kappa shape index (κ3) is 7.48. The van der Waals surface area contributed by atoms with Gasteiger partial charge in [0.1, 0.15) is 24.4 Å². The fourth-order valence-electron chi connectivity index (χ4n) is 4.83. The van der Waals surface area contributed by atoms with E-state index >= 15 is 0 Å². The molecule has 0 unspecified atom stereocenters. The molecule has 40 heavy (non-hydrogen) atoms. The maximum Gasteiger partial charge on any atom is 0.446 e. The van der Waals surface area contributed by atoms with Crippen LogP contribution in [0.3, 0.4) is 0 Å². The molecule has 0 radical (unpaired) electrons. The van der Waals surface area contributed by atoms with Crippen molar-refractivity contribution in [1.29, 1.82) is 0 Å². The minimum Gasteiger partial charge on any atom is -0.495 e. The van der Waals surface area contributed by atoms with Crippen molar-refractivity contribution in [2.75, 3.05) is 51.7 Å². The van der Waals surface area contributed by atoms with Gasteiger partial charge in [-0.3, -0.25) is 0 Å². The number of rotatable bonds is 8. The number of hydrogen-bond acceptors (Lipinski definition) is 7. The highest BCUT2D eigenvalue weighted by atomic mass is 32.2. The third-order valence-electron chi connectivity index (χ3n) is 6.99. The second-order valence-electron chi connectivity index (χ2n) is 10.4. The van der Waals surface area contributed by atoms with Crippen LogP contribution in [0.1, 0.15) is 31.4 Å². The van der Waals surface area contributed by atoms with Gasteiger partial charge >= 0.3 is 5.51 Å². The zero-order valence-electron chi connectivity index (χ0n) is 23.3. The summed E-state index contributed by atoms with van der Waals surface area (Å²) in [5.41, 5.74) is -3.43. The van der Waals surface area contributed by atoms with Crippen LogP contribution in [0.25, 0.3) is 5.52 Å². The number of halogens is 3. The van der Waals surface area contributed by atoms with Crippen molar-refractivity contribution in [1.82, 2.24) is 14.5 Å². The van der Waals surface area contributed by atoms with E-state index in [9.17, 15) is 17.7 Å². The number of methoxy groups -OCH3 is 1. The summed E-state index contributed by atoms with van der Waals surface area (Å²) < 4.78 is 59.9. The molecule has 0 amide bonds. The molecule has 0 saturated heterocycles. The Labute approximate surface area is 237 Å². The van der Waals surface area contributed by atoms with Gasteiger partial charge < -0.3 is 24.8 Å². The van der Waals surface area contributed by atoms with Gasteiger partial charge in [0.2, 0.25) is 0 Å². The molecule has 0 atom stereocenters. The Morgan fingerprint density at radius 1 is 1.18 bits per heavy atom. The number of pyridine rings is 1. The van der Waals surface area contributed by atoms with Crippen molar-refractivity contribution in [3.63, 3.8) is 0 Å². The highest BCUT2D eigenvalue weighted by Crippen LogP contribution is 2.41. The normalized spacial score (nSPS) is 17.9. The predicted octanol–water partition coefficient (Wildman–Crippen LogP) is 5.95. The lowest BCUT2D eigenvalue weighted by Crippen LogP contribution is -2.36. The summed E-state index contributed by atoms with van der Waals surface area (Å²) in [5.74, 6) is 6.89. The third-order valence-corrected chi connectivity index (χ3v) is 9.35. The van der Waals surface area contributed by atoms with E-state index in [2.05, 4.69) is 46.6 Å². The minimum atomic E-state index is -4.49. The number of ether oxygens (including phenoxy) is 1. The van der Waals surface area contributed by atoms with Gasteiger partial charge in [-0.05, 0) is 101 Å². The molecule has 1 saturated carbocycles. The largest absolute Gasteiger partial charge is 0.495 e. The van der Waals surface area contributed by atoms with Crippen molar-refractivity contribution in [2.24, 2.45) is 0 Å². The summed E-state index contributed by atoms with van der Waals surface area (Å²) in [7, 11) is 3.23. The second kappa shape index (κ2) is 12.4. The number of nitrogens with zero attached hydrogens (tertiary/aromatic N) is 3. The van der Waals surface area contributed by atoms with E-state index in [1.165, 1.54) is 11.6 Å². The Morgan fingerprint density at radius 3 is 2.52 bits per heavy atom. The van der Waals surface area contributed by atoms with Crippen molar-refractivity contribution < 1.29 is 22.5 Å². The van der Waals surface area contributed by atoms with Crippen LogP contribution >= 0.6 is 18.9 Å². The lowest BCUT2D eigenvalue weighted by atomic mass is 9.90. The van der Waals surface area contributed by atoms with Gasteiger partial charge in [-0.25, -0.2) is 4.52 Å². The van der Waals surface area contributed by atoms with Crippen molar-refractivity contribution in [2.45, 2.75) is 48.2 Å². The molecule has 216 valence electrons.